The van der Waals surface area contributed by atoms with E-state index in [0.717, 1.165) is 30.5 Å². The molecule has 2 aromatic rings. The summed E-state index contributed by atoms with van der Waals surface area (Å²) in [5.41, 5.74) is 3.68. The maximum Gasteiger partial charge on any atom is 0.172 e. The van der Waals surface area contributed by atoms with E-state index >= 15 is 0 Å². The molecule has 1 aromatic carbocycles. The van der Waals surface area contributed by atoms with Crippen LogP contribution < -0.4 is 0 Å². The molecule has 1 heterocycles. The summed E-state index contributed by atoms with van der Waals surface area (Å²) >= 11 is 0. The van der Waals surface area contributed by atoms with E-state index in [9.17, 15) is 4.79 Å². The van der Waals surface area contributed by atoms with Crippen molar-refractivity contribution in [1.29, 1.82) is 0 Å². The van der Waals surface area contributed by atoms with Crippen LogP contribution in [0.15, 0.2) is 24.3 Å². The molecule has 0 amide bonds. The van der Waals surface area contributed by atoms with Crippen LogP contribution in [0.3, 0.4) is 0 Å². The molecule has 20 heavy (non-hydrogen) atoms. The molecule has 0 bridgehead atoms. The lowest BCUT2D eigenvalue weighted by atomic mass is 9.86. The Bertz CT molecular complexity index is 595. The van der Waals surface area contributed by atoms with Gasteiger partial charge in [0.05, 0.1) is 11.4 Å². The summed E-state index contributed by atoms with van der Waals surface area (Å²) in [6.07, 6.45) is 6.82. The summed E-state index contributed by atoms with van der Waals surface area (Å²) in [5, 5.41) is 8.25. The van der Waals surface area contributed by atoms with Crippen LogP contribution in [-0.2, 0) is 0 Å². The quantitative estimate of drug-likeness (QED) is 0.802. The molecule has 4 nitrogen and oxygen atoms in total. The van der Waals surface area contributed by atoms with Crippen molar-refractivity contribution in [3.05, 3.63) is 41.2 Å². The summed E-state index contributed by atoms with van der Waals surface area (Å²) < 4.78 is 1.85. The van der Waals surface area contributed by atoms with Gasteiger partial charge in [-0.25, -0.2) is 4.68 Å². The predicted octanol–water partition coefficient (Wildman–Crippen LogP) is 3.44. The third-order valence-corrected chi connectivity index (χ3v) is 4.11. The molecule has 1 saturated carbocycles. The summed E-state index contributed by atoms with van der Waals surface area (Å²) in [5.74, 6) is 0.403. The molecule has 1 aromatic heterocycles. The van der Waals surface area contributed by atoms with E-state index < -0.39 is 0 Å². The average molecular weight is 269 g/mol. The van der Waals surface area contributed by atoms with Gasteiger partial charge >= 0.3 is 0 Å². The number of carbonyl (C=O) groups excluding carboxylic acids is 1. The largest absolute Gasteiger partial charge is 0.296 e. The van der Waals surface area contributed by atoms with Crippen LogP contribution in [-0.4, -0.2) is 21.3 Å². The molecule has 104 valence electrons. The molecular weight excluding hydrogens is 250 g/mol. The molecule has 4 heteroatoms. The second-order valence-electron chi connectivity index (χ2n) is 5.56. The highest BCUT2D eigenvalue weighted by Gasteiger charge is 2.24. The lowest BCUT2D eigenvalue weighted by Gasteiger charge is -2.22. The summed E-state index contributed by atoms with van der Waals surface area (Å²) in [6.45, 7) is 2.06. The summed E-state index contributed by atoms with van der Waals surface area (Å²) in [7, 11) is 0. The predicted molar refractivity (Wildman–Crippen MR) is 77.3 cm³/mol. The van der Waals surface area contributed by atoms with Crippen LogP contribution in [0.1, 0.15) is 59.8 Å². The average Bonchev–Trinajstić information content (AvgIpc) is 2.93. The minimum Gasteiger partial charge on any atom is -0.296 e. The Morgan fingerprint density at radius 1 is 1.15 bits per heavy atom. The first-order valence-electron chi connectivity index (χ1n) is 7.27. The van der Waals surface area contributed by atoms with Gasteiger partial charge < -0.3 is 0 Å². The van der Waals surface area contributed by atoms with Crippen LogP contribution >= 0.6 is 0 Å². The highest BCUT2D eigenvalue weighted by atomic mass is 16.1. The van der Waals surface area contributed by atoms with Gasteiger partial charge in [0.1, 0.15) is 5.69 Å². The number of nitrogens with zero attached hydrogens (tertiary/aromatic N) is 3. The van der Waals surface area contributed by atoms with E-state index in [0.29, 0.717) is 11.6 Å². The van der Waals surface area contributed by atoms with Crippen LogP contribution in [0.4, 0.5) is 0 Å². The minimum absolute atomic E-state index is 0.403. The highest BCUT2D eigenvalue weighted by Crippen LogP contribution is 2.34. The van der Waals surface area contributed by atoms with Crippen molar-refractivity contribution in [3.8, 4) is 5.69 Å². The van der Waals surface area contributed by atoms with E-state index in [1.807, 2.05) is 16.8 Å². The zero-order chi connectivity index (χ0) is 13.9. The van der Waals surface area contributed by atoms with Gasteiger partial charge in [0.15, 0.2) is 6.29 Å². The lowest BCUT2D eigenvalue weighted by Crippen LogP contribution is -2.12. The van der Waals surface area contributed by atoms with Gasteiger partial charge in [0, 0.05) is 5.92 Å². The molecule has 0 unspecified atom stereocenters. The van der Waals surface area contributed by atoms with Crippen molar-refractivity contribution >= 4 is 6.29 Å². The van der Waals surface area contributed by atoms with Gasteiger partial charge in [-0.1, -0.05) is 42.2 Å². The van der Waals surface area contributed by atoms with Gasteiger partial charge in [-0.2, -0.15) is 0 Å². The second kappa shape index (κ2) is 5.57. The van der Waals surface area contributed by atoms with E-state index in [2.05, 4.69) is 29.4 Å². The Morgan fingerprint density at radius 3 is 2.50 bits per heavy atom. The molecule has 0 atom stereocenters. The molecule has 0 spiro atoms. The van der Waals surface area contributed by atoms with Gasteiger partial charge in [-0.3, -0.25) is 4.79 Å². The van der Waals surface area contributed by atoms with Gasteiger partial charge in [-0.05, 0) is 31.9 Å². The normalized spacial score (nSPS) is 16.2. The number of carbonyl (C=O) groups is 1. The molecule has 1 aliphatic rings. The molecule has 0 N–H and O–H groups in total. The fourth-order valence-electron chi connectivity index (χ4n) is 3.02. The molecule has 0 aliphatic heterocycles. The Kier molecular flexibility index (Phi) is 3.63. The summed E-state index contributed by atoms with van der Waals surface area (Å²) in [4.78, 5) is 11.3. The first-order chi connectivity index (χ1) is 9.79. The Balaban J connectivity index is 2.04. The van der Waals surface area contributed by atoms with Crippen molar-refractivity contribution in [2.24, 2.45) is 0 Å². The molecule has 1 aliphatic carbocycles. The van der Waals surface area contributed by atoms with Gasteiger partial charge in [-0.15, -0.1) is 5.10 Å². The number of aldehydes is 1. The smallest absolute Gasteiger partial charge is 0.172 e. The first-order valence-corrected chi connectivity index (χ1v) is 7.27. The minimum atomic E-state index is 0.403. The number of hydrogen-bond acceptors (Lipinski definition) is 3. The number of rotatable bonds is 3. The summed E-state index contributed by atoms with van der Waals surface area (Å²) in [6, 6.07) is 8.18. The van der Waals surface area contributed by atoms with Gasteiger partial charge in [0.2, 0.25) is 0 Å². The molecule has 0 radical (unpaired) electrons. The topological polar surface area (TPSA) is 47.8 Å². The van der Waals surface area contributed by atoms with Crippen molar-refractivity contribution in [2.45, 2.75) is 44.9 Å². The fourth-order valence-corrected chi connectivity index (χ4v) is 3.02. The van der Waals surface area contributed by atoms with Crippen molar-refractivity contribution in [2.75, 3.05) is 0 Å². The first kappa shape index (κ1) is 13.0. The molecule has 3 rings (SSSR count). The molecule has 0 saturated heterocycles. The number of hydrogen-bond donors (Lipinski definition) is 0. The number of benzene rings is 1. The van der Waals surface area contributed by atoms with Crippen LogP contribution in [0.2, 0.25) is 0 Å². The van der Waals surface area contributed by atoms with Crippen molar-refractivity contribution < 1.29 is 4.79 Å². The third-order valence-electron chi connectivity index (χ3n) is 4.11. The standard InChI is InChI=1S/C16H19N3O/c1-12-7-9-14(10-8-12)19-16(15(11-20)17-18-19)13-5-3-2-4-6-13/h7-11,13H,2-6H2,1H3. The van der Waals surface area contributed by atoms with Crippen LogP contribution in [0.25, 0.3) is 5.69 Å². The number of aryl methyl sites for hydroxylation is 1. The van der Waals surface area contributed by atoms with Crippen LogP contribution in [0.5, 0.6) is 0 Å². The van der Waals surface area contributed by atoms with E-state index in [1.54, 1.807) is 0 Å². The van der Waals surface area contributed by atoms with Crippen molar-refractivity contribution in [1.82, 2.24) is 15.0 Å². The molecular formula is C16H19N3O. The lowest BCUT2D eigenvalue weighted by molar-refractivity contribution is 0.111. The Hall–Kier alpha value is -1.97. The van der Waals surface area contributed by atoms with Crippen LogP contribution in [0, 0.1) is 6.92 Å². The van der Waals surface area contributed by atoms with E-state index in [1.165, 1.54) is 24.8 Å². The number of aromatic nitrogens is 3. The zero-order valence-electron chi connectivity index (χ0n) is 11.7. The van der Waals surface area contributed by atoms with Gasteiger partial charge in [0.25, 0.3) is 0 Å². The Labute approximate surface area is 118 Å². The SMILES string of the molecule is Cc1ccc(-n2nnc(C=O)c2C2CCCCC2)cc1. The zero-order valence-corrected chi connectivity index (χ0v) is 11.7. The molecule has 1 fully saturated rings. The maximum absolute atomic E-state index is 11.3. The fraction of sp³-hybridized carbons (Fsp3) is 0.438. The Morgan fingerprint density at radius 2 is 1.85 bits per heavy atom. The van der Waals surface area contributed by atoms with Crippen molar-refractivity contribution in [3.63, 3.8) is 0 Å². The maximum atomic E-state index is 11.3. The monoisotopic (exact) mass is 269 g/mol. The highest BCUT2D eigenvalue weighted by molar-refractivity contribution is 5.74. The van der Waals surface area contributed by atoms with E-state index in [4.69, 9.17) is 0 Å². The third kappa shape index (κ3) is 2.38. The van der Waals surface area contributed by atoms with E-state index in [-0.39, 0.29) is 0 Å². The second-order valence-corrected chi connectivity index (χ2v) is 5.56.